The van der Waals surface area contributed by atoms with Gasteiger partial charge in [-0.05, 0) is 30.7 Å². The summed E-state index contributed by atoms with van der Waals surface area (Å²) in [5, 5.41) is 0. The van der Waals surface area contributed by atoms with Gasteiger partial charge in [-0.1, -0.05) is 0 Å². The van der Waals surface area contributed by atoms with E-state index in [1.807, 2.05) is 0 Å². The molecular weight excluding hydrogens is 375 g/mol. The number of hydrogen-bond donors (Lipinski definition) is 0. The van der Waals surface area contributed by atoms with E-state index >= 15 is 0 Å². The molecule has 1 aliphatic heterocycles. The van der Waals surface area contributed by atoms with Crippen LogP contribution in [0, 0.1) is 5.92 Å². The normalized spacial score (nSPS) is 23.8. The van der Waals surface area contributed by atoms with Crippen LogP contribution in [0.2, 0.25) is 0 Å². The zero-order chi connectivity index (χ0) is 17.5. The highest BCUT2D eigenvalue weighted by Crippen LogP contribution is 2.53. The van der Waals surface area contributed by atoms with Gasteiger partial charge in [-0.15, -0.1) is 23.2 Å². The summed E-state index contributed by atoms with van der Waals surface area (Å²) >= 11 is 11.9. The van der Waals surface area contributed by atoms with Crippen molar-refractivity contribution in [2.24, 2.45) is 5.92 Å². The van der Waals surface area contributed by atoms with Crippen molar-refractivity contribution in [1.29, 1.82) is 0 Å². The number of amides is 1. The van der Waals surface area contributed by atoms with E-state index in [-0.39, 0.29) is 29.8 Å². The zero-order valence-corrected chi connectivity index (χ0v) is 15.4. The third-order valence-electron chi connectivity index (χ3n) is 4.37. The van der Waals surface area contributed by atoms with Gasteiger partial charge < -0.3 is 9.64 Å². The van der Waals surface area contributed by atoms with Crippen molar-refractivity contribution in [3.8, 4) is 5.75 Å². The Morgan fingerprint density at radius 2 is 1.71 bits per heavy atom. The molecule has 132 valence electrons. The van der Waals surface area contributed by atoms with E-state index in [0.717, 1.165) is 0 Å². The monoisotopic (exact) mass is 392 g/mol. The number of methoxy groups -OCH3 is 1. The Kier molecular flexibility index (Phi) is 4.72. The number of alkyl halides is 2. The average molecular weight is 393 g/mol. The summed E-state index contributed by atoms with van der Waals surface area (Å²) in [5.74, 6) is 0.131. The number of sulfonamides is 1. The lowest BCUT2D eigenvalue weighted by Gasteiger charge is -2.34. The first kappa shape index (κ1) is 17.8. The minimum absolute atomic E-state index is 0.0958. The molecule has 0 radical (unpaired) electrons. The lowest BCUT2D eigenvalue weighted by molar-refractivity contribution is -0.133. The molecule has 1 amide bonds. The summed E-state index contributed by atoms with van der Waals surface area (Å²) in [7, 11) is -2.05. The number of piperazine rings is 1. The quantitative estimate of drug-likeness (QED) is 0.731. The maximum absolute atomic E-state index is 12.7. The molecule has 2 aliphatic rings. The lowest BCUT2D eigenvalue weighted by Crippen LogP contribution is -2.51. The molecule has 1 aromatic rings. The second-order valence-electron chi connectivity index (χ2n) is 5.92. The van der Waals surface area contributed by atoms with Gasteiger partial charge in [0.25, 0.3) is 0 Å². The van der Waals surface area contributed by atoms with E-state index in [0.29, 0.717) is 25.3 Å². The number of benzene rings is 1. The molecule has 1 unspecified atom stereocenters. The van der Waals surface area contributed by atoms with Gasteiger partial charge in [0.05, 0.1) is 17.9 Å². The van der Waals surface area contributed by atoms with Gasteiger partial charge in [0.15, 0.2) is 0 Å². The number of carbonyl (C=O) groups excluding carboxylic acids is 1. The van der Waals surface area contributed by atoms with Crippen molar-refractivity contribution >= 4 is 39.1 Å². The first-order valence-corrected chi connectivity index (χ1v) is 9.76. The predicted octanol–water partition coefficient (Wildman–Crippen LogP) is 1.72. The van der Waals surface area contributed by atoms with E-state index in [1.54, 1.807) is 17.0 Å². The third kappa shape index (κ3) is 3.35. The molecule has 1 heterocycles. The first-order chi connectivity index (χ1) is 11.3. The van der Waals surface area contributed by atoms with Gasteiger partial charge in [0, 0.05) is 26.2 Å². The van der Waals surface area contributed by atoms with E-state index in [9.17, 15) is 13.2 Å². The maximum atomic E-state index is 12.7. The molecule has 0 spiro atoms. The van der Waals surface area contributed by atoms with Crippen LogP contribution in [0.25, 0.3) is 0 Å². The van der Waals surface area contributed by atoms with E-state index < -0.39 is 14.4 Å². The number of ether oxygens (including phenoxy) is 1. The van der Waals surface area contributed by atoms with Crippen LogP contribution in [-0.2, 0) is 14.8 Å². The molecule has 3 rings (SSSR count). The van der Waals surface area contributed by atoms with Crippen LogP contribution < -0.4 is 4.74 Å². The molecule has 9 heteroatoms. The fourth-order valence-corrected chi connectivity index (χ4v) is 4.66. The van der Waals surface area contributed by atoms with Crippen molar-refractivity contribution < 1.29 is 17.9 Å². The topological polar surface area (TPSA) is 66.9 Å². The largest absolute Gasteiger partial charge is 0.497 e. The molecule has 0 aromatic heterocycles. The van der Waals surface area contributed by atoms with Crippen LogP contribution in [0.5, 0.6) is 5.75 Å². The molecule has 1 aliphatic carbocycles. The molecule has 1 aromatic carbocycles. The van der Waals surface area contributed by atoms with Crippen molar-refractivity contribution in [2.45, 2.75) is 15.6 Å². The van der Waals surface area contributed by atoms with Crippen LogP contribution in [0.15, 0.2) is 29.2 Å². The lowest BCUT2D eigenvalue weighted by atomic mass is 10.3. The van der Waals surface area contributed by atoms with Gasteiger partial charge in [-0.3, -0.25) is 4.79 Å². The molecule has 0 N–H and O–H groups in total. The van der Waals surface area contributed by atoms with Crippen LogP contribution in [0.1, 0.15) is 6.42 Å². The van der Waals surface area contributed by atoms with E-state index in [1.165, 1.54) is 23.5 Å². The third-order valence-corrected chi connectivity index (χ3v) is 7.12. The maximum Gasteiger partial charge on any atom is 0.243 e. The van der Waals surface area contributed by atoms with Crippen molar-refractivity contribution in [3.63, 3.8) is 0 Å². The smallest absolute Gasteiger partial charge is 0.243 e. The van der Waals surface area contributed by atoms with Crippen molar-refractivity contribution in [2.75, 3.05) is 33.3 Å². The molecule has 1 saturated heterocycles. The number of halogens is 2. The van der Waals surface area contributed by atoms with Crippen LogP contribution in [-0.4, -0.2) is 61.2 Å². The highest BCUT2D eigenvalue weighted by Gasteiger charge is 2.57. The van der Waals surface area contributed by atoms with Gasteiger partial charge in [-0.25, -0.2) is 8.42 Å². The Bertz CT molecular complexity index is 728. The van der Waals surface area contributed by atoms with Gasteiger partial charge in [0.1, 0.15) is 10.1 Å². The van der Waals surface area contributed by atoms with Crippen LogP contribution in [0.4, 0.5) is 0 Å². The summed E-state index contributed by atoms with van der Waals surface area (Å²) in [6.07, 6.45) is 0.458. The summed E-state index contributed by atoms with van der Waals surface area (Å²) in [6.45, 7) is 1.19. The zero-order valence-electron chi connectivity index (χ0n) is 13.1. The van der Waals surface area contributed by atoms with Crippen LogP contribution >= 0.6 is 23.2 Å². The van der Waals surface area contributed by atoms with Crippen LogP contribution in [0.3, 0.4) is 0 Å². The molecule has 6 nitrogen and oxygen atoms in total. The summed E-state index contributed by atoms with van der Waals surface area (Å²) in [6, 6.07) is 6.26. The Morgan fingerprint density at radius 3 is 2.17 bits per heavy atom. The highest BCUT2D eigenvalue weighted by atomic mass is 35.5. The Morgan fingerprint density at radius 1 is 1.17 bits per heavy atom. The fourth-order valence-electron chi connectivity index (χ4n) is 2.75. The van der Waals surface area contributed by atoms with Crippen molar-refractivity contribution in [3.05, 3.63) is 24.3 Å². The first-order valence-electron chi connectivity index (χ1n) is 7.56. The average Bonchev–Trinajstić information content (AvgIpc) is 3.23. The molecule has 24 heavy (non-hydrogen) atoms. The molecular formula is C15H18Cl2N2O4S. The number of hydrogen-bond acceptors (Lipinski definition) is 4. The fraction of sp³-hybridized carbons (Fsp3) is 0.533. The second-order valence-corrected chi connectivity index (χ2v) is 9.40. The predicted molar refractivity (Wildman–Crippen MR) is 90.9 cm³/mol. The van der Waals surface area contributed by atoms with Gasteiger partial charge >= 0.3 is 0 Å². The molecule has 0 bridgehead atoms. The summed E-state index contributed by atoms with van der Waals surface area (Å²) in [5.41, 5.74) is 0. The molecule has 1 atom stereocenters. The Balaban J connectivity index is 1.64. The summed E-state index contributed by atoms with van der Waals surface area (Å²) < 4.78 is 30.8. The molecule has 2 fully saturated rings. The Labute approximate surface area is 151 Å². The Hall–Kier alpha value is -1.02. The van der Waals surface area contributed by atoms with Gasteiger partial charge in [-0.2, -0.15) is 4.31 Å². The van der Waals surface area contributed by atoms with Crippen molar-refractivity contribution in [1.82, 2.24) is 9.21 Å². The standard InChI is InChI=1S/C15H18Cl2N2O4S/c1-23-11-2-4-12(5-3-11)24(21,22)19-8-6-18(7-9-19)14(20)13-10-15(13,16)17/h2-5,13H,6-10H2,1H3. The number of carbonyl (C=O) groups is 1. The van der Waals surface area contributed by atoms with Gasteiger partial charge in [0.2, 0.25) is 15.9 Å². The number of rotatable bonds is 4. The summed E-state index contributed by atoms with van der Waals surface area (Å²) in [4.78, 5) is 14.1. The SMILES string of the molecule is COc1ccc(S(=O)(=O)N2CCN(C(=O)C3CC3(Cl)Cl)CC2)cc1. The van der Waals surface area contributed by atoms with E-state index in [4.69, 9.17) is 27.9 Å². The molecule has 1 saturated carbocycles. The minimum atomic E-state index is -3.58. The minimum Gasteiger partial charge on any atom is -0.497 e. The second kappa shape index (κ2) is 6.37. The van der Waals surface area contributed by atoms with E-state index in [2.05, 4.69) is 0 Å². The number of nitrogens with zero attached hydrogens (tertiary/aromatic N) is 2. The highest BCUT2D eigenvalue weighted by molar-refractivity contribution is 7.89.